The fourth-order valence-electron chi connectivity index (χ4n) is 1.29. The zero-order chi connectivity index (χ0) is 13.9. The van der Waals surface area contributed by atoms with E-state index in [0.717, 1.165) is 6.07 Å². The van der Waals surface area contributed by atoms with Crippen LogP contribution < -0.4 is 5.73 Å². The molecule has 0 bridgehead atoms. The quantitative estimate of drug-likeness (QED) is 0.638. The molecule has 0 aliphatic rings. The van der Waals surface area contributed by atoms with Gasteiger partial charge in [-0.3, -0.25) is 0 Å². The van der Waals surface area contributed by atoms with E-state index in [-0.39, 0.29) is 17.9 Å². The molecule has 18 heavy (non-hydrogen) atoms. The number of carbonyl (C=O) groups excluding carboxylic acids is 1. The topological polar surface area (TPSA) is 72.6 Å². The number of nitrogens with two attached hydrogens (primary N) is 1. The number of benzene rings is 1. The van der Waals surface area contributed by atoms with Crippen LogP contribution >= 0.6 is 0 Å². The average Bonchev–Trinajstić information content (AvgIpc) is 2.23. The highest BCUT2D eigenvalue weighted by Crippen LogP contribution is 2.18. The highest BCUT2D eigenvalue weighted by atomic mass is 19.1. The van der Waals surface area contributed by atoms with Crippen molar-refractivity contribution in [2.45, 2.75) is 32.8 Å². The molecule has 0 saturated heterocycles. The van der Waals surface area contributed by atoms with Gasteiger partial charge in [0.25, 0.3) is 0 Å². The van der Waals surface area contributed by atoms with E-state index < -0.39 is 17.4 Å². The van der Waals surface area contributed by atoms with Gasteiger partial charge in [-0.25, -0.2) is 9.18 Å². The number of hydrogen-bond donors (Lipinski definition) is 2. The monoisotopic (exact) mass is 255 g/mol. The summed E-state index contributed by atoms with van der Waals surface area (Å²) in [5.74, 6) is -1.19. The van der Waals surface area contributed by atoms with Crippen molar-refractivity contribution in [3.05, 3.63) is 29.1 Å². The Bertz CT molecular complexity index is 429. The second kappa shape index (κ2) is 5.35. The Balaban J connectivity index is 2.68. The Kier molecular flexibility index (Phi) is 4.29. The fourth-order valence-corrected chi connectivity index (χ4v) is 1.29. The third-order valence-corrected chi connectivity index (χ3v) is 2.57. The molecule has 0 fully saturated rings. The lowest BCUT2D eigenvalue weighted by molar-refractivity contribution is 0.0244. The zero-order valence-corrected chi connectivity index (χ0v) is 10.8. The van der Waals surface area contributed by atoms with Crippen LogP contribution in [-0.2, 0) is 4.74 Å². The van der Waals surface area contributed by atoms with Gasteiger partial charge in [-0.1, -0.05) is 0 Å². The molecule has 0 heterocycles. The predicted molar refractivity (Wildman–Crippen MR) is 66.7 cm³/mol. The van der Waals surface area contributed by atoms with Gasteiger partial charge < -0.3 is 15.6 Å². The van der Waals surface area contributed by atoms with Crippen molar-refractivity contribution >= 4 is 11.7 Å². The molecule has 1 aromatic carbocycles. The molecule has 0 atom stereocenters. The van der Waals surface area contributed by atoms with Gasteiger partial charge in [0.2, 0.25) is 0 Å². The first kappa shape index (κ1) is 14.4. The van der Waals surface area contributed by atoms with Crippen molar-refractivity contribution < 1.29 is 19.0 Å². The Morgan fingerprint density at radius 2 is 2.11 bits per heavy atom. The van der Waals surface area contributed by atoms with Crippen LogP contribution in [0.2, 0.25) is 0 Å². The minimum atomic E-state index is -0.905. The van der Waals surface area contributed by atoms with E-state index in [1.807, 2.05) is 0 Å². The van der Waals surface area contributed by atoms with Gasteiger partial charge in [0.05, 0.1) is 17.8 Å². The van der Waals surface area contributed by atoms with E-state index in [2.05, 4.69) is 0 Å². The van der Waals surface area contributed by atoms with Gasteiger partial charge in [-0.15, -0.1) is 0 Å². The van der Waals surface area contributed by atoms with Gasteiger partial charge >= 0.3 is 5.97 Å². The van der Waals surface area contributed by atoms with E-state index in [1.165, 1.54) is 13.0 Å². The first-order valence-electron chi connectivity index (χ1n) is 5.66. The van der Waals surface area contributed by atoms with Crippen molar-refractivity contribution in [1.82, 2.24) is 0 Å². The van der Waals surface area contributed by atoms with Crippen molar-refractivity contribution in [2.75, 3.05) is 12.3 Å². The normalized spacial score (nSPS) is 11.4. The van der Waals surface area contributed by atoms with Crippen LogP contribution in [0.4, 0.5) is 10.1 Å². The summed E-state index contributed by atoms with van der Waals surface area (Å²) in [6.45, 7) is 4.83. The van der Waals surface area contributed by atoms with Gasteiger partial charge in [0.1, 0.15) is 5.82 Å². The van der Waals surface area contributed by atoms with Crippen LogP contribution in [0.25, 0.3) is 0 Å². The number of hydrogen-bond acceptors (Lipinski definition) is 4. The molecule has 0 radical (unpaired) electrons. The van der Waals surface area contributed by atoms with Crippen LogP contribution in [-0.4, -0.2) is 23.3 Å². The number of anilines is 1. The lowest BCUT2D eigenvalue weighted by Gasteiger charge is -2.16. The molecule has 1 rings (SSSR count). The molecule has 0 saturated carbocycles. The fraction of sp³-hybridized carbons (Fsp3) is 0.462. The highest BCUT2D eigenvalue weighted by Gasteiger charge is 2.16. The minimum absolute atomic E-state index is 0.0672. The average molecular weight is 255 g/mol. The number of rotatable bonds is 4. The van der Waals surface area contributed by atoms with Crippen LogP contribution in [0.1, 0.15) is 36.2 Å². The number of nitrogen functional groups attached to an aromatic ring is 1. The maximum Gasteiger partial charge on any atom is 0.338 e. The molecule has 100 valence electrons. The molecule has 3 N–H and O–H groups in total. The highest BCUT2D eigenvalue weighted by molar-refractivity contribution is 5.90. The smallest absolute Gasteiger partial charge is 0.338 e. The summed E-state index contributed by atoms with van der Waals surface area (Å²) in [7, 11) is 0. The van der Waals surface area contributed by atoms with E-state index in [4.69, 9.17) is 10.5 Å². The number of halogens is 1. The molecule has 0 spiro atoms. The van der Waals surface area contributed by atoms with Gasteiger partial charge in [-0.05, 0) is 32.9 Å². The molecule has 0 aromatic heterocycles. The lowest BCUT2D eigenvalue weighted by Crippen LogP contribution is -2.22. The van der Waals surface area contributed by atoms with Crippen molar-refractivity contribution in [2.24, 2.45) is 0 Å². The first-order valence-corrected chi connectivity index (χ1v) is 5.66. The number of ether oxygens (including phenoxy) is 1. The molecule has 0 amide bonds. The summed E-state index contributed by atoms with van der Waals surface area (Å²) in [5, 5.41) is 9.45. The molecular weight excluding hydrogens is 237 g/mol. The van der Waals surface area contributed by atoms with Crippen LogP contribution in [0.3, 0.4) is 0 Å². The Labute approximate surface area is 106 Å². The molecular formula is C13H18FNO3. The molecule has 0 unspecified atom stereocenters. The maximum atomic E-state index is 13.4. The molecule has 1 aromatic rings. The predicted octanol–water partition coefficient (Wildman–Crippen LogP) is 2.03. The number of carbonyl (C=O) groups is 1. The first-order chi connectivity index (χ1) is 8.20. The van der Waals surface area contributed by atoms with Crippen LogP contribution in [0, 0.1) is 12.7 Å². The Morgan fingerprint density at radius 3 is 2.61 bits per heavy atom. The maximum absolute atomic E-state index is 13.4. The van der Waals surface area contributed by atoms with Gasteiger partial charge in [0, 0.05) is 17.7 Å². The third kappa shape index (κ3) is 4.00. The largest absolute Gasteiger partial charge is 0.462 e. The van der Waals surface area contributed by atoms with E-state index in [9.17, 15) is 14.3 Å². The molecule has 5 heteroatoms. The molecule has 4 nitrogen and oxygen atoms in total. The van der Waals surface area contributed by atoms with E-state index >= 15 is 0 Å². The molecule has 0 aliphatic heterocycles. The van der Waals surface area contributed by atoms with Crippen LogP contribution in [0.15, 0.2) is 12.1 Å². The SMILES string of the molecule is Cc1c(N)cc(C(=O)OCCC(C)(C)O)cc1F. The summed E-state index contributed by atoms with van der Waals surface area (Å²) < 4.78 is 18.3. The minimum Gasteiger partial charge on any atom is -0.462 e. The van der Waals surface area contributed by atoms with Crippen LogP contribution in [0.5, 0.6) is 0 Å². The van der Waals surface area contributed by atoms with E-state index in [0.29, 0.717) is 12.0 Å². The van der Waals surface area contributed by atoms with Gasteiger partial charge in [-0.2, -0.15) is 0 Å². The third-order valence-electron chi connectivity index (χ3n) is 2.57. The second-order valence-corrected chi connectivity index (χ2v) is 4.87. The van der Waals surface area contributed by atoms with Gasteiger partial charge in [0.15, 0.2) is 0 Å². The summed E-state index contributed by atoms with van der Waals surface area (Å²) in [6.07, 6.45) is 0.308. The summed E-state index contributed by atoms with van der Waals surface area (Å²) in [4.78, 5) is 11.6. The standard InChI is InChI=1S/C13H18FNO3/c1-8-10(14)6-9(7-11(8)15)12(16)18-5-4-13(2,3)17/h6-7,17H,4-5,15H2,1-3H3. The van der Waals surface area contributed by atoms with Crippen molar-refractivity contribution in [3.8, 4) is 0 Å². The molecule has 0 aliphatic carbocycles. The lowest BCUT2D eigenvalue weighted by atomic mass is 10.1. The Hall–Kier alpha value is -1.62. The number of esters is 1. The Morgan fingerprint density at radius 1 is 1.50 bits per heavy atom. The zero-order valence-electron chi connectivity index (χ0n) is 10.8. The van der Waals surface area contributed by atoms with Crippen molar-refractivity contribution in [1.29, 1.82) is 0 Å². The summed E-state index contributed by atoms with van der Waals surface area (Å²) >= 11 is 0. The summed E-state index contributed by atoms with van der Waals surface area (Å²) in [6, 6.07) is 2.48. The number of aliphatic hydroxyl groups is 1. The van der Waals surface area contributed by atoms with Crippen molar-refractivity contribution in [3.63, 3.8) is 0 Å². The van der Waals surface area contributed by atoms with E-state index in [1.54, 1.807) is 13.8 Å². The summed E-state index contributed by atoms with van der Waals surface area (Å²) in [5.41, 5.74) is 5.26. The second-order valence-electron chi connectivity index (χ2n) is 4.87.